The van der Waals surface area contributed by atoms with Gasteiger partial charge in [0.15, 0.2) is 18.5 Å². The molecule has 0 amide bonds. The van der Waals surface area contributed by atoms with Gasteiger partial charge in [-0.3, -0.25) is 9.55 Å². The first-order valence-electron chi connectivity index (χ1n) is 7.94. The van der Waals surface area contributed by atoms with E-state index in [0.717, 1.165) is 4.57 Å². The molecule has 2 aromatic rings. The van der Waals surface area contributed by atoms with Gasteiger partial charge in [-0.25, -0.2) is 18.1 Å². The van der Waals surface area contributed by atoms with Crippen LogP contribution in [-0.2, 0) is 13.8 Å². The molecule has 1 saturated heterocycles. The summed E-state index contributed by atoms with van der Waals surface area (Å²) >= 11 is 4.94. The van der Waals surface area contributed by atoms with E-state index in [1.807, 2.05) is 0 Å². The maximum Gasteiger partial charge on any atom is 0.750 e. The van der Waals surface area contributed by atoms with E-state index in [2.05, 4.69) is 4.98 Å². The molecule has 0 bridgehead atoms. The van der Waals surface area contributed by atoms with Gasteiger partial charge < -0.3 is 4.74 Å². The predicted octanol–water partition coefficient (Wildman–Crippen LogP) is 3.89. The summed E-state index contributed by atoms with van der Waals surface area (Å²) in [6.07, 6.45) is -2.33. The number of alkyl halides is 2. The number of hydrogen-bond acceptors (Lipinski definition) is 6. The summed E-state index contributed by atoms with van der Waals surface area (Å²) in [6.45, 7) is 0.692. The molecule has 1 N–H and O–H groups in total. The fourth-order valence-electron chi connectivity index (χ4n) is 2.53. The molecule has 0 radical (unpaired) electrons. The Labute approximate surface area is 158 Å². The Morgan fingerprint density at radius 3 is 2.85 bits per heavy atom. The minimum atomic E-state index is -2.87. The molecule has 2 heterocycles. The number of para-hydroxylation sites is 1. The first kappa shape index (κ1) is 19.8. The highest BCUT2D eigenvalue weighted by atomic mass is 32.1. The van der Waals surface area contributed by atoms with Gasteiger partial charge >= 0.3 is 13.9 Å². The molecule has 1 aromatic heterocycles. The van der Waals surface area contributed by atoms with Crippen LogP contribution in [0.3, 0.4) is 0 Å². The van der Waals surface area contributed by atoms with Crippen LogP contribution in [0.5, 0.6) is 5.75 Å². The summed E-state index contributed by atoms with van der Waals surface area (Å²) in [5.41, 5.74) is -0.0954. The number of benzene rings is 1. The number of rotatable bonds is 6. The first-order chi connectivity index (χ1) is 12.8. The average Bonchev–Trinajstić information content (AvgIpc) is 2.92. The Morgan fingerprint density at radius 1 is 1.44 bits per heavy atom. The lowest BCUT2D eigenvalue weighted by Gasteiger charge is -2.19. The number of H-pyrrole nitrogens is 1. The highest BCUT2D eigenvalue weighted by Gasteiger charge is 2.53. The fourth-order valence-corrected chi connectivity index (χ4v) is 3.30. The Bertz CT molecular complexity index is 954. The quantitative estimate of drug-likeness (QED) is 0.567. The topological polar surface area (TPSA) is 82.5 Å². The van der Waals surface area contributed by atoms with E-state index in [1.165, 1.54) is 18.3 Å². The Morgan fingerprint density at radius 2 is 2.15 bits per heavy atom. The molecule has 1 aliphatic heterocycles. The third-order valence-corrected chi connectivity index (χ3v) is 5.08. The molecule has 7 nitrogen and oxygen atoms in total. The van der Waals surface area contributed by atoms with E-state index < -0.39 is 45.2 Å². The number of aromatic nitrogens is 2. The second kappa shape index (κ2) is 7.93. The third kappa shape index (κ3) is 4.47. The Balaban J connectivity index is 1.66. The lowest BCUT2D eigenvalue weighted by molar-refractivity contribution is -0.191. The van der Waals surface area contributed by atoms with Crippen LogP contribution in [0.1, 0.15) is 18.2 Å². The van der Waals surface area contributed by atoms with Crippen LogP contribution in [-0.4, -0.2) is 28.2 Å². The van der Waals surface area contributed by atoms with Crippen molar-refractivity contribution in [3.05, 3.63) is 57.2 Å². The molecule has 1 fully saturated rings. The highest BCUT2D eigenvalue weighted by molar-refractivity contribution is 7.71. The molecule has 144 valence electrons. The molecular formula is C16H16F2N2O5PS+. The standard InChI is InChI=1S/C16H15F2N2O5PS/c1-10-8-20(15(21)19-14(10)27)13-7-12(17)16(18,24-13)9-23-26(22)25-11-5-3-2-4-6-11/h2-6,8,12-13H,7,9H2,1H3/p+1/t12-,13+,16+/m0/s1. The Hall–Kier alpha value is -2.00. The highest BCUT2D eigenvalue weighted by Crippen LogP contribution is 2.41. The molecule has 1 aliphatic rings. The number of hydrogen-bond donors (Lipinski definition) is 1. The predicted molar refractivity (Wildman–Crippen MR) is 94.7 cm³/mol. The monoisotopic (exact) mass is 417 g/mol. The lowest BCUT2D eigenvalue weighted by Crippen LogP contribution is -2.37. The zero-order valence-corrected chi connectivity index (χ0v) is 15.8. The van der Waals surface area contributed by atoms with Crippen LogP contribution in [0.15, 0.2) is 41.3 Å². The van der Waals surface area contributed by atoms with Gasteiger partial charge in [-0.05, 0) is 19.1 Å². The van der Waals surface area contributed by atoms with Crippen molar-refractivity contribution in [3.63, 3.8) is 0 Å². The minimum Gasteiger partial charge on any atom is -0.317 e. The third-order valence-electron chi connectivity index (χ3n) is 3.95. The maximum atomic E-state index is 14.8. The number of aryl methyl sites for hydroxylation is 1. The van der Waals surface area contributed by atoms with Crippen molar-refractivity contribution in [1.82, 2.24) is 9.55 Å². The number of ether oxygens (including phenoxy) is 1. The van der Waals surface area contributed by atoms with Crippen molar-refractivity contribution in [3.8, 4) is 5.75 Å². The fraction of sp³-hybridized carbons (Fsp3) is 0.375. The lowest BCUT2D eigenvalue weighted by atomic mass is 10.2. The number of nitrogens with one attached hydrogen (secondary N) is 1. The zero-order valence-electron chi connectivity index (χ0n) is 14.1. The van der Waals surface area contributed by atoms with Crippen molar-refractivity contribution in [2.75, 3.05) is 6.61 Å². The van der Waals surface area contributed by atoms with Crippen molar-refractivity contribution in [2.45, 2.75) is 31.6 Å². The maximum absolute atomic E-state index is 14.8. The first-order valence-corrected chi connectivity index (χ1v) is 9.45. The molecule has 0 saturated carbocycles. The van der Waals surface area contributed by atoms with Gasteiger partial charge in [-0.15, -0.1) is 4.52 Å². The number of halogens is 2. The summed E-state index contributed by atoms with van der Waals surface area (Å²) < 4.78 is 56.9. The van der Waals surface area contributed by atoms with Crippen LogP contribution in [0, 0.1) is 11.6 Å². The van der Waals surface area contributed by atoms with Gasteiger partial charge in [0.1, 0.15) is 10.9 Å². The number of nitrogens with zero attached hydrogens (tertiary/aromatic N) is 1. The normalized spacial score (nSPS) is 25.4. The van der Waals surface area contributed by atoms with E-state index in [1.54, 1.807) is 25.1 Å². The van der Waals surface area contributed by atoms with Crippen LogP contribution in [0.2, 0.25) is 0 Å². The summed E-state index contributed by atoms with van der Waals surface area (Å²) in [5, 5.41) is 0. The van der Waals surface area contributed by atoms with Crippen molar-refractivity contribution in [2.24, 2.45) is 0 Å². The van der Waals surface area contributed by atoms with Crippen LogP contribution >= 0.6 is 20.5 Å². The van der Waals surface area contributed by atoms with E-state index in [0.29, 0.717) is 5.56 Å². The van der Waals surface area contributed by atoms with E-state index in [4.69, 9.17) is 26.0 Å². The second-order valence-corrected chi connectivity index (χ2v) is 7.24. The molecular weight excluding hydrogens is 401 g/mol. The minimum absolute atomic E-state index is 0.232. The summed E-state index contributed by atoms with van der Waals surface area (Å²) in [7, 11) is -2.73. The summed E-state index contributed by atoms with van der Waals surface area (Å²) in [6, 6.07) is 8.12. The van der Waals surface area contributed by atoms with Crippen molar-refractivity contribution >= 4 is 20.5 Å². The summed E-state index contributed by atoms with van der Waals surface area (Å²) in [5.74, 6) is -2.61. The SMILES string of the molecule is Cc1cn([C@H]2C[C@H](F)[C@@](F)(CO[P+](=O)Oc3ccccc3)O2)c(=O)[nH]c1=S. The van der Waals surface area contributed by atoms with Crippen molar-refractivity contribution < 1.29 is 27.1 Å². The summed E-state index contributed by atoms with van der Waals surface area (Å²) in [4.78, 5) is 14.4. The van der Waals surface area contributed by atoms with E-state index >= 15 is 0 Å². The van der Waals surface area contributed by atoms with Gasteiger partial charge in [0.2, 0.25) is 0 Å². The molecule has 4 atom stereocenters. The number of aromatic amines is 1. The van der Waals surface area contributed by atoms with Gasteiger partial charge in [-0.1, -0.05) is 30.4 Å². The van der Waals surface area contributed by atoms with Gasteiger partial charge in [0.05, 0.1) is 0 Å². The van der Waals surface area contributed by atoms with Crippen LogP contribution in [0.4, 0.5) is 8.78 Å². The van der Waals surface area contributed by atoms with Crippen LogP contribution < -0.4 is 10.2 Å². The second-order valence-electron chi connectivity index (χ2n) is 5.94. The Kier molecular flexibility index (Phi) is 5.81. The average molecular weight is 417 g/mol. The molecule has 1 aromatic carbocycles. The van der Waals surface area contributed by atoms with E-state index in [-0.39, 0.29) is 10.4 Å². The molecule has 3 rings (SSSR count). The molecule has 0 aliphatic carbocycles. The largest absolute Gasteiger partial charge is 0.750 e. The molecule has 27 heavy (non-hydrogen) atoms. The molecule has 1 unspecified atom stereocenters. The van der Waals surface area contributed by atoms with Gasteiger partial charge in [0.25, 0.3) is 5.85 Å². The van der Waals surface area contributed by atoms with Crippen LogP contribution in [0.25, 0.3) is 0 Å². The smallest absolute Gasteiger partial charge is 0.317 e. The van der Waals surface area contributed by atoms with Gasteiger partial charge in [0, 0.05) is 22.7 Å². The molecule has 11 heteroatoms. The van der Waals surface area contributed by atoms with Gasteiger partial charge in [-0.2, -0.15) is 0 Å². The molecule has 0 spiro atoms. The van der Waals surface area contributed by atoms with E-state index in [9.17, 15) is 18.1 Å². The van der Waals surface area contributed by atoms with Crippen molar-refractivity contribution in [1.29, 1.82) is 0 Å². The zero-order chi connectivity index (χ0) is 19.6.